The van der Waals surface area contributed by atoms with Gasteiger partial charge in [0.2, 0.25) is 0 Å². The number of hydrogen-bond donors (Lipinski definition) is 0. The normalized spacial score (nSPS) is 7.27. The molecule has 0 aromatic rings. The van der Waals surface area contributed by atoms with E-state index in [4.69, 9.17) is 11.1 Å². The second-order valence-corrected chi connectivity index (χ2v) is 5.52. The Bertz CT molecular complexity index is 84.3. The van der Waals surface area contributed by atoms with Crippen LogP contribution in [0.2, 0.25) is 0 Å². The molecule has 0 bridgehead atoms. The second-order valence-electron chi connectivity index (χ2n) is 1.90. The summed E-state index contributed by atoms with van der Waals surface area (Å²) in [4.78, 5) is 1.50. The molecule has 0 amide bonds. The molecule has 0 saturated carbocycles. The van der Waals surface area contributed by atoms with Crippen molar-refractivity contribution in [3.63, 3.8) is 0 Å². The van der Waals surface area contributed by atoms with Crippen LogP contribution in [-0.4, -0.2) is 18.5 Å². The topological polar surface area (TPSA) is 58.7 Å². The van der Waals surface area contributed by atoms with Crippen molar-refractivity contribution in [2.24, 2.45) is 0 Å². The van der Waals surface area contributed by atoms with Crippen LogP contribution in [0.5, 0.6) is 0 Å². The fourth-order valence-corrected chi connectivity index (χ4v) is 2.25. The first kappa shape index (κ1) is 17.5. The van der Waals surface area contributed by atoms with Gasteiger partial charge in [0.15, 0.2) is 0 Å². The first-order valence-electron chi connectivity index (χ1n) is 3.58. The van der Waals surface area contributed by atoms with Crippen molar-refractivity contribution in [3.8, 4) is 0 Å². The van der Waals surface area contributed by atoms with Gasteiger partial charge in [-0.3, -0.25) is 4.91 Å². The fourth-order valence-electron chi connectivity index (χ4n) is 0.750. The van der Waals surface area contributed by atoms with E-state index in [0.717, 1.165) is 0 Å². The third-order valence-electron chi connectivity index (χ3n) is 1.50. The van der Waals surface area contributed by atoms with Crippen LogP contribution in [0.1, 0.15) is 20.8 Å². The molecule has 0 atom stereocenters. The Morgan fingerprint density at radius 2 is 1.18 bits per heavy atom. The average molecular weight is 358 g/mol. The molecule has 11 heavy (non-hydrogen) atoms. The molecule has 3 nitrogen and oxygen atoms in total. The Labute approximate surface area is 85.6 Å². The van der Waals surface area contributed by atoms with Gasteiger partial charge in [0.25, 0.3) is 0 Å². The van der Waals surface area contributed by atoms with Gasteiger partial charge in [-0.2, -0.15) is 0 Å². The van der Waals surface area contributed by atoms with E-state index < -0.39 is 0 Å². The summed E-state index contributed by atoms with van der Waals surface area (Å²) in [6.45, 7) is 6.92. The van der Waals surface area contributed by atoms with E-state index in [1.165, 1.54) is 23.4 Å². The van der Waals surface area contributed by atoms with Crippen molar-refractivity contribution >= 4 is 7.92 Å². The van der Waals surface area contributed by atoms with Gasteiger partial charge in [0, 0.05) is 0 Å². The minimum absolute atomic E-state index is 0. The van der Waals surface area contributed by atoms with Gasteiger partial charge in [-0.05, 0) is 28.7 Å². The number of rotatable bonds is 3. The summed E-state index contributed by atoms with van der Waals surface area (Å²) >= 11 is 0. The molecule has 0 heterocycles. The minimum Gasteiger partial charge on any atom is -0.373 e. The molecule has 0 rings (SSSR count). The van der Waals surface area contributed by atoms with Crippen LogP contribution in [0.4, 0.5) is 0 Å². The van der Waals surface area contributed by atoms with Gasteiger partial charge in [-0.25, -0.2) is 0 Å². The number of nitrogens with zero attached hydrogens (tertiary/aromatic N) is 3. The Hall–Kier alpha value is 0.480. The molecule has 0 aromatic carbocycles. The molecule has 0 unspecified atom stereocenters. The minimum atomic E-state index is 0. The molecule has 0 spiro atoms. The van der Waals surface area contributed by atoms with Crippen LogP contribution in [-0.2, 0) is 22.4 Å². The first-order valence-corrected chi connectivity index (χ1v) is 5.70. The molecule has 0 aliphatic heterocycles. The van der Waals surface area contributed by atoms with Gasteiger partial charge in [-0.1, -0.05) is 0 Å². The second kappa shape index (κ2) is 16.8. The first-order chi connectivity index (χ1) is 4.76. The standard InChI is InChI=1S/C6H15P.Au.N3/c1-4-7(5-2)6-3;;1-3-2/h4-6H2,1-3H3;;/q;+1;-1/p+1. The molecule has 0 saturated heterocycles. The summed E-state index contributed by atoms with van der Waals surface area (Å²) in [5, 5.41) is 0. The molecule has 0 aliphatic carbocycles. The van der Waals surface area contributed by atoms with Crippen molar-refractivity contribution in [2.75, 3.05) is 18.5 Å². The summed E-state index contributed by atoms with van der Waals surface area (Å²) in [5.74, 6) is 0. The predicted octanol–water partition coefficient (Wildman–Crippen LogP) is 3.12. The predicted molar refractivity (Wildman–Crippen MR) is 50.0 cm³/mol. The monoisotopic (exact) mass is 358 g/mol. The van der Waals surface area contributed by atoms with Crippen molar-refractivity contribution in [1.29, 1.82) is 0 Å². The van der Waals surface area contributed by atoms with E-state index >= 15 is 0 Å². The average Bonchev–Trinajstić information content (AvgIpc) is 1.93. The van der Waals surface area contributed by atoms with Gasteiger partial charge < -0.3 is 11.1 Å². The maximum atomic E-state index is 6.75. The largest absolute Gasteiger partial charge is 1.00 e. The van der Waals surface area contributed by atoms with Crippen LogP contribution >= 0.6 is 7.92 Å². The molecule has 0 N–H and O–H groups in total. The van der Waals surface area contributed by atoms with Crippen molar-refractivity contribution in [1.82, 2.24) is 0 Å². The third kappa shape index (κ3) is 17.9. The Balaban J connectivity index is -0.000000140. The summed E-state index contributed by atoms with van der Waals surface area (Å²) in [7, 11) is 0.137. The number of hydrogen-bond acceptors (Lipinski definition) is 0. The molecule has 0 radical (unpaired) electrons. The zero-order chi connectivity index (χ0) is 8.41. The van der Waals surface area contributed by atoms with Crippen molar-refractivity contribution < 1.29 is 22.4 Å². The quantitative estimate of drug-likeness (QED) is 0.245. The molecule has 70 valence electrons. The van der Waals surface area contributed by atoms with E-state index in [9.17, 15) is 0 Å². The smallest absolute Gasteiger partial charge is 0.373 e. The third-order valence-corrected chi connectivity index (χ3v) is 4.50. The van der Waals surface area contributed by atoms with Crippen molar-refractivity contribution in [3.05, 3.63) is 16.0 Å². The van der Waals surface area contributed by atoms with Gasteiger partial charge >= 0.3 is 22.4 Å². The summed E-state index contributed by atoms with van der Waals surface area (Å²) in [5.41, 5.74) is 13.5. The van der Waals surface area contributed by atoms with E-state index in [1.807, 2.05) is 0 Å². The van der Waals surface area contributed by atoms with Crippen LogP contribution in [0.15, 0.2) is 0 Å². The van der Waals surface area contributed by atoms with Crippen LogP contribution in [0.25, 0.3) is 16.0 Å². The molecular weight excluding hydrogens is 342 g/mol. The van der Waals surface area contributed by atoms with E-state index in [2.05, 4.69) is 20.8 Å². The summed E-state index contributed by atoms with van der Waals surface area (Å²) in [6.07, 6.45) is 4.37. The maximum Gasteiger partial charge on any atom is 1.00 e. The molecule has 0 aromatic heterocycles. The maximum absolute atomic E-state index is 6.75. The summed E-state index contributed by atoms with van der Waals surface area (Å²) in [6, 6.07) is 0. The Kier molecular flexibility index (Phi) is 26.8. The Morgan fingerprint density at radius 1 is 1.00 bits per heavy atom. The van der Waals surface area contributed by atoms with E-state index in [-0.39, 0.29) is 30.3 Å². The molecular formula is C6H16AuN3P+. The van der Waals surface area contributed by atoms with Gasteiger partial charge in [-0.15, -0.1) is 0 Å². The van der Waals surface area contributed by atoms with E-state index in [1.54, 1.807) is 0 Å². The van der Waals surface area contributed by atoms with Gasteiger partial charge in [0.05, 0.1) is 18.5 Å². The van der Waals surface area contributed by atoms with E-state index in [0.29, 0.717) is 0 Å². The SMILES string of the molecule is CC[PH+](CC)CC.[Au+].[N-]=[N+]=[N-]. The zero-order valence-electron chi connectivity index (χ0n) is 7.26. The van der Waals surface area contributed by atoms with Crippen LogP contribution in [0.3, 0.4) is 0 Å². The van der Waals surface area contributed by atoms with Crippen LogP contribution < -0.4 is 0 Å². The van der Waals surface area contributed by atoms with Crippen molar-refractivity contribution in [2.45, 2.75) is 20.8 Å². The van der Waals surface area contributed by atoms with Gasteiger partial charge in [0.1, 0.15) is 0 Å². The molecule has 0 fully saturated rings. The molecule has 0 aliphatic rings. The molecule has 5 heteroatoms. The van der Waals surface area contributed by atoms with Crippen LogP contribution in [0, 0.1) is 0 Å². The fraction of sp³-hybridized carbons (Fsp3) is 1.00. The zero-order valence-corrected chi connectivity index (χ0v) is 10.4. The Morgan fingerprint density at radius 3 is 1.18 bits per heavy atom. The summed E-state index contributed by atoms with van der Waals surface area (Å²) < 4.78 is 0.